The number of halogens is 4. The number of likely N-dealkylation sites (tertiary alicyclic amines) is 1. The Kier molecular flexibility index (Phi) is 9.03. The summed E-state index contributed by atoms with van der Waals surface area (Å²) >= 11 is 5.83. The Morgan fingerprint density at radius 1 is 1.27 bits per heavy atom. The Balaban J connectivity index is 1.29. The minimum atomic E-state index is -4.98. The molecule has 3 aromatic rings. The van der Waals surface area contributed by atoms with Crippen molar-refractivity contribution < 1.29 is 42.0 Å². The zero-order chi connectivity index (χ0) is 29.7. The highest BCUT2D eigenvalue weighted by Gasteiger charge is 2.40. The number of benzene rings is 2. The number of nitrogens with zero attached hydrogens (tertiary/aromatic N) is 3. The second-order valence-electron chi connectivity index (χ2n) is 9.10. The second-order valence-corrected chi connectivity index (χ2v) is 9.54. The molecule has 4 N–H and O–H groups in total. The van der Waals surface area contributed by atoms with E-state index in [4.69, 9.17) is 26.7 Å². The first kappa shape index (κ1) is 29.7. The molecule has 0 radical (unpaired) electrons. The third-order valence-corrected chi connectivity index (χ3v) is 6.27. The third kappa shape index (κ3) is 7.89. The van der Waals surface area contributed by atoms with Crippen LogP contribution in [0.2, 0.25) is 5.02 Å². The number of ether oxygens (including phenoxy) is 1. The molecular weight excluding hydrogens is 571 g/mol. The zero-order valence-corrected chi connectivity index (χ0v) is 22.3. The number of nitrogens with two attached hydrogens (primary N) is 1. The van der Waals surface area contributed by atoms with Crippen LogP contribution in [0.15, 0.2) is 58.2 Å². The van der Waals surface area contributed by atoms with Crippen molar-refractivity contribution in [2.75, 3.05) is 6.54 Å². The molecule has 1 aliphatic rings. The van der Waals surface area contributed by atoms with Gasteiger partial charge in [0.15, 0.2) is 18.5 Å². The maximum absolute atomic E-state index is 12.8. The number of amides is 2. The van der Waals surface area contributed by atoms with E-state index in [1.807, 2.05) is 0 Å². The van der Waals surface area contributed by atoms with Gasteiger partial charge < -0.3 is 35.2 Å². The van der Waals surface area contributed by atoms with Crippen LogP contribution in [0.5, 0.6) is 5.75 Å². The second kappa shape index (κ2) is 12.5. The highest BCUT2D eigenvalue weighted by molar-refractivity contribution is 6.30. The highest BCUT2D eigenvalue weighted by Crippen LogP contribution is 2.31. The van der Waals surface area contributed by atoms with Gasteiger partial charge in [-0.2, -0.15) is 0 Å². The summed E-state index contributed by atoms with van der Waals surface area (Å²) < 4.78 is 46.5. The van der Waals surface area contributed by atoms with Crippen LogP contribution >= 0.6 is 11.6 Å². The first-order valence-electron chi connectivity index (χ1n) is 12.2. The number of hydrogen-bond donors (Lipinski definition) is 3. The Labute approximate surface area is 236 Å². The molecule has 2 aromatic carbocycles. The van der Waals surface area contributed by atoms with Crippen LogP contribution in [0.1, 0.15) is 40.7 Å². The molecule has 2 amide bonds. The quantitative estimate of drug-likeness (QED) is 0.183. The van der Waals surface area contributed by atoms with Crippen molar-refractivity contribution in [1.29, 1.82) is 0 Å². The summed E-state index contributed by atoms with van der Waals surface area (Å²) in [6.07, 6.45) is -6.48. The molecule has 2 unspecified atom stereocenters. The third-order valence-electron chi connectivity index (χ3n) is 6.05. The van der Waals surface area contributed by atoms with Crippen LogP contribution in [-0.2, 0) is 27.6 Å². The lowest BCUT2D eigenvalue weighted by Crippen LogP contribution is -2.59. The number of carbonyl (C=O) groups excluding carboxylic acids is 2. The molecule has 0 bridgehead atoms. The number of aryl methyl sites for hydroxylation is 1. The summed E-state index contributed by atoms with van der Waals surface area (Å²) in [6, 6.07) is 10.6. The average Bonchev–Trinajstić information content (AvgIpc) is 3.30. The lowest BCUT2D eigenvalue weighted by molar-refractivity contribution is -0.274. The van der Waals surface area contributed by atoms with Gasteiger partial charge >= 0.3 is 6.36 Å². The van der Waals surface area contributed by atoms with Crippen LogP contribution in [0.25, 0.3) is 0 Å². The maximum Gasteiger partial charge on any atom is 0.573 e. The molecule has 41 heavy (non-hydrogen) atoms. The number of aliphatic hydroxyl groups excluding tert-OH is 1. The van der Waals surface area contributed by atoms with Gasteiger partial charge in [0, 0.05) is 29.7 Å². The van der Waals surface area contributed by atoms with Crippen LogP contribution in [0.4, 0.5) is 13.2 Å². The van der Waals surface area contributed by atoms with E-state index in [0.29, 0.717) is 23.4 Å². The van der Waals surface area contributed by atoms with Crippen LogP contribution in [0.3, 0.4) is 0 Å². The fraction of sp³-hybridized carbons (Fsp3) is 0.308. The van der Waals surface area contributed by atoms with Crippen molar-refractivity contribution >= 4 is 29.3 Å². The van der Waals surface area contributed by atoms with Gasteiger partial charge in [0.25, 0.3) is 5.91 Å². The number of rotatable bonds is 10. The summed E-state index contributed by atoms with van der Waals surface area (Å²) in [5, 5.41) is 20.7. The molecule has 218 valence electrons. The van der Waals surface area contributed by atoms with Crippen LogP contribution in [-0.4, -0.2) is 51.8 Å². The first-order valence-corrected chi connectivity index (χ1v) is 12.6. The molecule has 0 spiro atoms. The topological polar surface area (TPSA) is 153 Å². The van der Waals surface area contributed by atoms with Gasteiger partial charge in [-0.1, -0.05) is 46.2 Å². The fourth-order valence-electron chi connectivity index (χ4n) is 3.97. The average molecular weight is 596 g/mol. The number of aromatic nitrogens is 1. The normalized spacial score (nSPS) is 16.1. The fourth-order valence-corrected chi connectivity index (χ4v) is 4.20. The maximum atomic E-state index is 12.8. The molecular formula is C26H25ClF3N5O6. The Hall–Kier alpha value is -4.30. The van der Waals surface area contributed by atoms with Crippen LogP contribution < -0.4 is 15.8 Å². The predicted molar refractivity (Wildman–Crippen MR) is 138 cm³/mol. The largest absolute Gasteiger partial charge is 0.573 e. The summed E-state index contributed by atoms with van der Waals surface area (Å²) in [5.74, 6) is -1.20. The molecule has 2 heterocycles. The van der Waals surface area contributed by atoms with E-state index >= 15 is 0 Å². The number of alkyl halides is 3. The van der Waals surface area contributed by atoms with E-state index in [1.54, 1.807) is 37.3 Å². The monoisotopic (exact) mass is 595 g/mol. The molecule has 1 aromatic heterocycles. The van der Waals surface area contributed by atoms with Crippen molar-refractivity contribution in [2.24, 2.45) is 10.9 Å². The standard InChI is InChI=1S/C26H25ClF3N5O6/c1-14-8-19(33-41-14)13-39-34-23(31)16-4-2-15(3-5-16)12-32-24(37)21-6-7-35(21)25(38)22(36)17-9-18(27)11-20(10-17)40-26(28,29)30/h2-5,8-11,21-22,36H,6-7,12-13H2,1H3,(H2,31,34)(H,32,37). The lowest BCUT2D eigenvalue weighted by Gasteiger charge is -2.40. The summed E-state index contributed by atoms with van der Waals surface area (Å²) in [4.78, 5) is 31.9. The van der Waals surface area contributed by atoms with Crippen molar-refractivity contribution in [2.45, 2.75) is 45.0 Å². The predicted octanol–water partition coefficient (Wildman–Crippen LogP) is 3.32. The van der Waals surface area contributed by atoms with Crippen LogP contribution in [0, 0.1) is 6.92 Å². The number of oxime groups is 1. The number of hydrogen-bond acceptors (Lipinski definition) is 8. The number of carbonyl (C=O) groups is 2. The van der Waals surface area contributed by atoms with Crippen molar-refractivity contribution in [3.05, 3.63) is 81.7 Å². The molecule has 15 heteroatoms. The molecule has 0 aliphatic carbocycles. The first-order chi connectivity index (χ1) is 19.4. The van der Waals surface area contributed by atoms with Crippen molar-refractivity contribution in [1.82, 2.24) is 15.4 Å². The highest BCUT2D eigenvalue weighted by atomic mass is 35.5. The van der Waals surface area contributed by atoms with Crippen molar-refractivity contribution in [3.8, 4) is 5.75 Å². The number of nitrogens with one attached hydrogen (secondary N) is 1. The minimum absolute atomic E-state index is 0.0898. The van der Waals surface area contributed by atoms with Gasteiger partial charge in [-0.15, -0.1) is 13.2 Å². The van der Waals surface area contributed by atoms with Gasteiger partial charge in [0.1, 0.15) is 23.2 Å². The van der Waals surface area contributed by atoms with E-state index in [1.165, 1.54) is 0 Å². The van der Waals surface area contributed by atoms with Gasteiger partial charge in [-0.3, -0.25) is 9.59 Å². The van der Waals surface area contributed by atoms with E-state index in [2.05, 4.69) is 20.4 Å². The molecule has 4 rings (SSSR count). The molecule has 11 nitrogen and oxygen atoms in total. The molecule has 0 saturated carbocycles. The number of amidine groups is 1. The van der Waals surface area contributed by atoms with Gasteiger partial charge in [-0.25, -0.2) is 0 Å². The SMILES string of the molecule is Cc1cc(CO/N=C(/N)c2ccc(CNC(=O)C3CCN3C(=O)C(O)c3cc(Cl)cc(OC(F)(F)F)c3)cc2)no1. The van der Waals surface area contributed by atoms with E-state index in [9.17, 15) is 27.9 Å². The smallest absolute Gasteiger partial charge is 0.406 e. The van der Waals surface area contributed by atoms with E-state index < -0.39 is 36.1 Å². The lowest BCUT2D eigenvalue weighted by atomic mass is 9.98. The Morgan fingerprint density at radius 3 is 2.61 bits per heavy atom. The molecule has 1 aliphatic heterocycles. The number of aliphatic hydroxyl groups is 1. The Bertz CT molecular complexity index is 1430. The van der Waals surface area contributed by atoms with Gasteiger partial charge in [0.2, 0.25) is 5.91 Å². The van der Waals surface area contributed by atoms with Gasteiger partial charge in [0.05, 0.1) is 0 Å². The zero-order valence-electron chi connectivity index (χ0n) is 21.5. The Morgan fingerprint density at radius 2 is 2.00 bits per heavy atom. The summed E-state index contributed by atoms with van der Waals surface area (Å²) in [7, 11) is 0. The summed E-state index contributed by atoms with van der Waals surface area (Å²) in [6.45, 7) is 2.18. The van der Waals surface area contributed by atoms with E-state index in [-0.39, 0.29) is 36.1 Å². The summed E-state index contributed by atoms with van der Waals surface area (Å²) in [5.41, 5.74) is 7.64. The minimum Gasteiger partial charge on any atom is -0.406 e. The molecule has 2 atom stereocenters. The van der Waals surface area contributed by atoms with Crippen molar-refractivity contribution in [3.63, 3.8) is 0 Å². The van der Waals surface area contributed by atoms with Gasteiger partial charge in [-0.05, 0) is 42.7 Å². The van der Waals surface area contributed by atoms with E-state index in [0.717, 1.165) is 28.7 Å². The molecule has 1 saturated heterocycles. The molecule has 1 fully saturated rings.